The van der Waals surface area contributed by atoms with Crippen LogP contribution in [0.25, 0.3) is 0 Å². The van der Waals surface area contributed by atoms with Gasteiger partial charge in [0.2, 0.25) is 5.91 Å². The van der Waals surface area contributed by atoms with E-state index in [-0.39, 0.29) is 23.5 Å². The molecule has 0 aliphatic rings. The van der Waals surface area contributed by atoms with Gasteiger partial charge in [-0.15, -0.1) is 0 Å². The Morgan fingerprint density at radius 2 is 1.67 bits per heavy atom. The SMILES string of the molecule is CCC[C@@H](C(=O)NCCCN(CC)CC)[C@H](CC)C(C)=O. The Labute approximate surface area is 130 Å². The van der Waals surface area contributed by atoms with Gasteiger partial charge in [0.1, 0.15) is 5.78 Å². The second kappa shape index (κ2) is 11.7. The zero-order chi connectivity index (χ0) is 16.3. The highest BCUT2D eigenvalue weighted by atomic mass is 16.2. The van der Waals surface area contributed by atoms with E-state index in [0.29, 0.717) is 6.54 Å². The fourth-order valence-corrected chi connectivity index (χ4v) is 2.87. The lowest BCUT2D eigenvalue weighted by molar-refractivity contribution is -0.133. The number of Topliss-reactive ketones (excluding diaryl/α,β-unsaturated/α-hetero) is 1. The van der Waals surface area contributed by atoms with Crippen molar-refractivity contribution in [3.05, 3.63) is 0 Å². The molecule has 0 saturated carbocycles. The van der Waals surface area contributed by atoms with Crippen molar-refractivity contribution in [1.29, 1.82) is 0 Å². The third-order valence-corrected chi connectivity index (χ3v) is 4.23. The molecule has 0 aromatic carbocycles. The van der Waals surface area contributed by atoms with E-state index in [0.717, 1.165) is 45.3 Å². The van der Waals surface area contributed by atoms with Gasteiger partial charge in [-0.05, 0) is 45.8 Å². The van der Waals surface area contributed by atoms with Crippen LogP contribution in [-0.2, 0) is 9.59 Å². The van der Waals surface area contributed by atoms with Gasteiger partial charge in [-0.3, -0.25) is 9.59 Å². The molecule has 0 radical (unpaired) electrons. The lowest BCUT2D eigenvalue weighted by Crippen LogP contribution is -2.38. The van der Waals surface area contributed by atoms with E-state index in [4.69, 9.17) is 0 Å². The minimum Gasteiger partial charge on any atom is -0.356 e. The first-order valence-corrected chi connectivity index (χ1v) is 8.52. The maximum Gasteiger partial charge on any atom is 0.223 e. The van der Waals surface area contributed by atoms with Crippen molar-refractivity contribution >= 4 is 11.7 Å². The molecule has 0 spiro atoms. The molecule has 1 amide bonds. The van der Waals surface area contributed by atoms with Crippen LogP contribution in [0.5, 0.6) is 0 Å². The quantitative estimate of drug-likeness (QED) is 0.564. The maximum absolute atomic E-state index is 12.3. The molecule has 124 valence electrons. The molecular weight excluding hydrogens is 264 g/mol. The molecule has 0 heterocycles. The van der Waals surface area contributed by atoms with Crippen LogP contribution in [0.15, 0.2) is 0 Å². The maximum atomic E-state index is 12.3. The first-order valence-electron chi connectivity index (χ1n) is 8.52. The van der Waals surface area contributed by atoms with Gasteiger partial charge in [0, 0.05) is 18.4 Å². The van der Waals surface area contributed by atoms with E-state index in [1.165, 1.54) is 0 Å². The van der Waals surface area contributed by atoms with Crippen molar-refractivity contribution in [2.45, 2.75) is 60.3 Å². The zero-order valence-corrected chi connectivity index (χ0v) is 14.6. The van der Waals surface area contributed by atoms with Crippen LogP contribution in [0.4, 0.5) is 0 Å². The standard InChI is InChI=1S/C17H34N2O2/c1-6-11-16(15(7-2)14(5)20)17(21)18-12-10-13-19(8-3)9-4/h15-16H,6-13H2,1-5H3,(H,18,21)/t15-,16-/m1/s1. The summed E-state index contributed by atoms with van der Waals surface area (Å²) in [7, 11) is 0. The number of rotatable bonds is 12. The molecule has 1 N–H and O–H groups in total. The summed E-state index contributed by atoms with van der Waals surface area (Å²) in [4.78, 5) is 26.4. The predicted molar refractivity (Wildman–Crippen MR) is 88.3 cm³/mol. The molecule has 4 heteroatoms. The summed E-state index contributed by atoms with van der Waals surface area (Å²) in [6.07, 6.45) is 3.43. The molecule has 0 aromatic heterocycles. The molecule has 0 aliphatic carbocycles. The van der Waals surface area contributed by atoms with Crippen LogP contribution in [0.1, 0.15) is 60.3 Å². The number of carbonyl (C=O) groups excluding carboxylic acids is 2. The van der Waals surface area contributed by atoms with Gasteiger partial charge in [0.05, 0.1) is 0 Å². The van der Waals surface area contributed by atoms with Gasteiger partial charge in [0.25, 0.3) is 0 Å². The average Bonchev–Trinajstić information content (AvgIpc) is 2.46. The number of nitrogens with zero attached hydrogens (tertiary/aromatic N) is 1. The Morgan fingerprint density at radius 3 is 2.10 bits per heavy atom. The number of amides is 1. The zero-order valence-electron chi connectivity index (χ0n) is 14.6. The van der Waals surface area contributed by atoms with Crippen LogP contribution in [0, 0.1) is 11.8 Å². The Kier molecular flexibility index (Phi) is 11.2. The average molecular weight is 298 g/mol. The summed E-state index contributed by atoms with van der Waals surface area (Å²) in [5.74, 6) is -0.105. The highest BCUT2D eigenvalue weighted by Gasteiger charge is 2.29. The Morgan fingerprint density at radius 1 is 1.05 bits per heavy atom. The predicted octanol–water partition coefficient (Wildman–Crippen LogP) is 2.87. The molecule has 0 rings (SSSR count). The molecule has 0 aromatic rings. The molecule has 2 atom stereocenters. The van der Waals surface area contributed by atoms with E-state index in [2.05, 4.69) is 31.0 Å². The monoisotopic (exact) mass is 298 g/mol. The summed E-state index contributed by atoms with van der Waals surface area (Å²) in [5.41, 5.74) is 0. The highest BCUT2D eigenvalue weighted by molar-refractivity contribution is 5.87. The summed E-state index contributed by atoms with van der Waals surface area (Å²) in [6.45, 7) is 13.8. The molecular formula is C17H34N2O2. The lowest BCUT2D eigenvalue weighted by Gasteiger charge is -2.23. The molecule has 0 bridgehead atoms. The minimum absolute atomic E-state index is 0.0541. The van der Waals surface area contributed by atoms with Gasteiger partial charge in [0.15, 0.2) is 0 Å². The van der Waals surface area contributed by atoms with Crippen molar-refractivity contribution in [3.63, 3.8) is 0 Å². The van der Waals surface area contributed by atoms with Crippen molar-refractivity contribution in [1.82, 2.24) is 10.2 Å². The largest absolute Gasteiger partial charge is 0.356 e. The van der Waals surface area contributed by atoms with Crippen molar-refractivity contribution in [3.8, 4) is 0 Å². The van der Waals surface area contributed by atoms with Crippen molar-refractivity contribution < 1.29 is 9.59 Å². The van der Waals surface area contributed by atoms with Crippen molar-refractivity contribution in [2.75, 3.05) is 26.2 Å². The number of ketones is 1. The van der Waals surface area contributed by atoms with Crippen LogP contribution in [-0.4, -0.2) is 42.8 Å². The summed E-state index contributed by atoms with van der Waals surface area (Å²) < 4.78 is 0. The fraction of sp³-hybridized carbons (Fsp3) is 0.882. The molecule has 0 aliphatic heterocycles. The van der Waals surface area contributed by atoms with Crippen molar-refractivity contribution in [2.24, 2.45) is 11.8 Å². The summed E-state index contributed by atoms with van der Waals surface area (Å²) in [6, 6.07) is 0. The highest BCUT2D eigenvalue weighted by Crippen LogP contribution is 2.22. The van der Waals surface area contributed by atoms with Crippen LogP contribution in [0.2, 0.25) is 0 Å². The Balaban J connectivity index is 4.33. The molecule has 0 fully saturated rings. The van der Waals surface area contributed by atoms with E-state index in [1.807, 2.05) is 6.92 Å². The summed E-state index contributed by atoms with van der Waals surface area (Å²) in [5, 5.41) is 3.02. The van der Waals surface area contributed by atoms with Crippen LogP contribution >= 0.6 is 0 Å². The third kappa shape index (κ3) is 7.60. The van der Waals surface area contributed by atoms with Gasteiger partial charge in [-0.2, -0.15) is 0 Å². The van der Waals surface area contributed by atoms with Crippen LogP contribution in [0.3, 0.4) is 0 Å². The Bertz CT molecular complexity index is 301. The first-order chi connectivity index (χ1) is 10.0. The van der Waals surface area contributed by atoms with E-state index in [1.54, 1.807) is 6.92 Å². The van der Waals surface area contributed by atoms with Gasteiger partial charge >= 0.3 is 0 Å². The number of carbonyl (C=O) groups is 2. The van der Waals surface area contributed by atoms with E-state index in [9.17, 15) is 9.59 Å². The second-order valence-electron chi connectivity index (χ2n) is 5.69. The molecule has 4 nitrogen and oxygen atoms in total. The smallest absolute Gasteiger partial charge is 0.223 e. The fourth-order valence-electron chi connectivity index (χ4n) is 2.87. The van der Waals surface area contributed by atoms with E-state index < -0.39 is 0 Å². The topological polar surface area (TPSA) is 49.4 Å². The van der Waals surface area contributed by atoms with Crippen LogP contribution < -0.4 is 5.32 Å². The lowest BCUT2D eigenvalue weighted by atomic mass is 9.83. The second-order valence-corrected chi connectivity index (χ2v) is 5.69. The van der Waals surface area contributed by atoms with E-state index >= 15 is 0 Å². The number of nitrogens with one attached hydrogen (secondary N) is 1. The van der Waals surface area contributed by atoms with Gasteiger partial charge in [-0.1, -0.05) is 34.1 Å². The Hall–Kier alpha value is -0.900. The third-order valence-electron chi connectivity index (χ3n) is 4.23. The molecule has 0 unspecified atom stereocenters. The van der Waals surface area contributed by atoms with Gasteiger partial charge in [-0.25, -0.2) is 0 Å². The number of hydrogen-bond donors (Lipinski definition) is 1. The molecule has 21 heavy (non-hydrogen) atoms. The molecule has 0 saturated heterocycles. The first kappa shape index (κ1) is 20.1. The normalized spacial score (nSPS) is 14.0. The number of hydrogen-bond acceptors (Lipinski definition) is 3. The summed E-state index contributed by atoms with van der Waals surface area (Å²) >= 11 is 0. The minimum atomic E-state index is -0.161. The van der Waals surface area contributed by atoms with Gasteiger partial charge < -0.3 is 10.2 Å².